The second kappa shape index (κ2) is 4.22. The number of hydrogen-bond acceptors (Lipinski definition) is 2. The minimum Gasteiger partial charge on any atom is -0.381 e. The molecule has 0 heterocycles. The van der Waals surface area contributed by atoms with Crippen molar-refractivity contribution < 1.29 is 4.74 Å². The molecule has 2 aliphatic carbocycles. The van der Waals surface area contributed by atoms with Gasteiger partial charge < -0.3 is 4.74 Å². The standard InChI is InChI=1S/C11H20OS/c13-9-11(5-6-11)8-12-7-10-3-1-2-4-10/h10,13H,1-9H2. The van der Waals surface area contributed by atoms with Gasteiger partial charge in [0.15, 0.2) is 0 Å². The van der Waals surface area contributed by atoms with E-state index in [1.165, 1.54) is 38.5 Å². The summed E-state index contributed by atoms with van der Waals surface area (Å²) in [6.07, 6.45) is 8.31. The highest BCUT2D eigenvalue weighted by Crippen LogP contribution is 2.46. The molecule has 0 bridgehead atoms. The molecule has 0 saturated heterocycles. The maximum Gasteiger partial charge on any atom is 0.0530 e. The topological polar surface area (TPSA) is 9.23 Å². The summed E-state index contributed by atoms with van der Waals surface area (Å²) in [6.45, 7) is 1.97. The zero-order valence-electron chi connectivity index (χ0n) is 8.30. The Morgan fingerprint density at radius 1 is 1.23 bits per heavy atom. The Balaban J connectivity index is 1.58. The lowest BCUT2D eigenvalue weighted by atomic mass is 10.1. The van der Waals surface area contributed by atoms with Crippen LogP contribution in [0.25, 0.3) is 0 Å². The first kappa shape index (κ1) is 9.85. The van der Waals surface area contributed by atoms with Crippen molar-refractivity contribution in [1.29, 1.82) is 0 Å². The predicted octanol–water partition coefficient (Wildman–Crippen LogP) is 2.90. The number of ether oxygens (including phenoxy) is 1. The highest BCUT2D eigenvalue weighted by Gasteiger charge is 2.41. The molecule has 0 aromatic carbocycles. The first-order valence-corrected chi connectivity index (χ1v) is 6.16. The van der Waals surface area contributed by atoms with Gasteiger partial charge in [-0.2, -0.15) is 12.6 Å². The van der Waals surface area contributed by atoms with E-state index >= 15 is 0 Å². The second-order valence-corrected chi connectivity index (χ2v) is 5.14. The fourth-order valence-electron chi connectivity index (χ4n) is 2.14. The fraction of sp³-hybridized carbons (Fsp3) is 1.00. The predicted molar refractivity (Wildman–Crippen MR) is 58.3 cm³/mol. The normalized spacial score (nSPS) is 26.5. The zero-order chi connectivity index (χ0) is 9.15. The Morgan fingerprint density at radius 3 is 2.46 bits per heavy atom. The second-order valence-electron chi connectivity index (χ2n) is 4.82. The molecule has 0 atom stereocenters. The van der Waals surface area contributed by atoms with Crippen LogP contribution in [0.15, 0.2) is 0 Å². The van der Waals surface area contributed by atoms with E-state index in [2.05, 4.69) is 12.6 Å². The molecule has 0 unspecified atom stereocenters. The van der Waals surface area contributed by atoms with Crippen molar-refractivity contribution in [3.63, 3.8) is 0 Å². The van der Waals surface area contributed by atoms with Crippen molar-refractivity contribution in [3.8, 4) is 0 Å². The zero-order valence-corrected chi connectivity index (χ0v) is 9.19. The van der Waals surface area contributed by atoms with Crippen molar-refractivity contribution in [2.45, 2.75) is 38.5 Å². The minimum atomic E-state index is 0.488. The third kappa shape index (κ3) is 2.63. The van der Waals surface area contributed by atoms with Gasteiger partial charge in [0.1, 0.15) is 0 Å². The lowest BCUT2D eigenvalue weighted by Crippen LogP contribution is -2.15. The van der Waals surface area contributed by atoms with Crippen LogP contribution < -0.4 is 0 Å². The fourth-order valence-corrected chi connectivity index (χ4v) is 2.55. The van der Waals surface area contributed by atoms with E-state index in [0.717, 1.165) is 24.9 Å². The van der Waals surface area contributed by atoms with Gasteiger partial charge in [0.25, 0.3) is 0 Å². The molecule has 0 aromatic rings. The van der Waals surface area contributed by atoms with Crippen LogP contribution in [0.5, 0.6) is 0 Å². The molecule has 2 heteroatoms. The molecule has 2 aliphatic rings. The third-order valence-corrected chi connectivity index (χ3v) is 4.20. The number of thiol groups is 1. The summed E-state index contributed by atoms with van der Waals surface area (Å²) in [6, 6.07) is 0. The van der Waals surface area contributed by atoms with Gasteiger partial charge in [-0.3, -0.25) is 0 Å². The summed E-state index contributed by atoms with van der Waals surface area (Å²) >= 11 is 4.37. The summed E-state index contributed by atoms with van der Waals surface area (Å²) in [5.41, 5.74) is 0.488. The molecular formula is C11H20OS. The van der Waals surface area contributed by atoms with Gasteiger partial charge in [-0.05, 0) is 37.4 Å². The van der Waals surface area contributed by atoms with Crippen LogP contribution >= 0.6 is 12.6 Å². The first-order chi connectivity index (χ1) is 6.35. The van der Waals surface area contributed by atoms with Gasteiger partial charge >= 0.3 is 0 Å². The molecule has 76 valence electrons. The van der Waals surface area contributed by atoms with Crippen molar-refractivity contribution in [3.05, 3.63) is 0 Å². The average Bonchev–Trinajstić information content (AvgIpc) is 2.74. The SMILES string of the molecule is SCC1(COCC2CCCC2)CC1. The Hall–Kier alpha value is 0.310. The van der Waals surface area contributed by atoms with Crippen LogP contribution in [0.3, 0.4) is 0 Å². The Morgan fingerprint density at radius 2 is 1.92 bits per heavy atom. The smallest absolute Gasteiger partial charge is 0.0530 e. The Bertz CT molecular complexity index is 159. The first-order valence-electron chi connectivity index (χ1n) is 5.53. The summed E-state index contributed by atoms with van der Waals surface area (Å²) in [4.78, 5) is 0. The summed E-state index contributed by atoms with van der Waals surface area (Å²) < 4.78 is 5.79. The van der Waals surface area contributed by atoms with Crippen molar-refractivity contribution in [1.82, 2.24) is 0 Å². The third-order valence-electron chi connectivity index (χ3n) is 3.53. The van der Waals surface area contributed by atoms with Gasteiger partial charge in [0.05, 0.1) is 6.61 Å². The maximum atomic E-state index is 5.79. The average molecular weight is 200 g/mol. The molecule has 2 rings (SSSR count). The minimum absolute atomic E-state index is 0.488. The van der Waals surface area contributed by atoms with Crippen LogP contribution in [-0.4, -0.2) is 19.0 Å². The van der Waals surface area contributed by atoms with Gasteiger partial charge in [0.2, 0.25) is 0 Å². The van der Waals surface area contributed by atoms with E-state index in [9.17, 15) is 0 Å². The quantitative estimate of drug-likeness (QED) is 0.671. The molecule has 1 nitrogen and oxygen atoms in total. The molecule has 13 heavy (non-hydrogen) atoms. The highest BCUT2D eigenvalue weighted by molar-refractivity contribution is 7.80. The highest BCUT2D eigenvalue weighted by atomic mass is 32.1. The van der Waals surface area contributed by atoms with E-state index in [4.69, 9.17) is 4.74 Å². The van der Waals surface area contributed by atoms with E-state index in [-0.39, 0.29) is 0 Å². The van der Waals surface area contributed by atoms with Crippen molar-refractivity contribution >= 4 is 12.6 Å². The molecule has 0 aliphatic heterocycles. The summed E-state index contributed by atoms with van der Waals surface area (Å²) in [5, 5.41) is 0. The number of hydrogen-bond donors (Lipinski definition) is 1. The maximum absolute atomic E-state index is 5.79. The van der Waals surface area contributed by atoms with Crippen LogP contribution in [0.1, 0.15) is 38.5 Å². The largest absolute Gasteiger partial charge is 0.381 e. The van der Waals surface area contributed by atoms with Crippen LogP contribution in [-0.2, 0) is 4.74 Å². The van der Waals surface area contributed by atoms with Crippen molar-refractivity contribution in [2.24, 2.45) is 11.3 Å². The molecular weight excluding hydrogens is 180 g/mol. The molecule has 0 amide bonds. The van der Waals surface area contributed by atoms with E-state index < -0.39 is 0 Å². The van der Waals surface area contributed by atoms with Crippen molar-refractivity contribution in [2.75, 3.05) is 19.0 Å². The van der Waals surface area contributed by atoms with Crippen LogP contribution in [0.2, 0.25) is 0 Å². The van der Waals surface area contributed by atoms with Crippen LogP contribution in [0, 0.1) is 11.3 Å². The Kier molecular flexibility index (Phi) is 3.20. The molecule has 0 N–H and O–H groups in total. The monoisotopic (exact) mass is 200 g/mol. The molecule has 0 spiro atoms. The van der Waals surface area contributed by atoms with Gasteiger partial charge in [-0.25, -0.2) is 0 Å². The molecule has 0 radical (unpaired) electrons. The molecule has 0 aromatic heterocycles. The molecule has 2 fully saturated rings. The summed E-state index contributed by atoms with van der Waals surface area (Å²) in [7, 11) is 0. The van der Waals surface area contributed by atoms with Crippen LogP contribution in [0.4, 0.5) is 0 Å². The summed E-state index contributed by atoms with van der Waals surface area (Å²) in [5.74, 6) is 1.88. The van der Waals surface area contributed by atoms with E-state index in [1.54, 1.807) is 0 Å². The van der Waals surface area contributed by atoms with Gasteiger partial charge in [0, 0.05) is 12.0 Å². The molecule has 2 saturated carbocycles. The van der Waals surface area contributed by atoms with E-state index in [1.807, 2.05) is 0 Å². The Labute approximate surface area is 86.6 Å². The lowest BCUT2D eigenvalue weighted by Gasteiger charge is -2.14. The van der Waals surface area contributed by atoms with Gasteiger partial charge in [-0.1, -0.05) is 12.8 Å². The van der Waals surface area contributed by atoms with E-state index in [0.29, 0.717) is 5.41 Å². The lowest BCUT2D eigenvalue weighted by molar-refractivity contribution is 0.0714. The number of rotatable bonds is 5. The van der Waals surface area contributed by atoms with Gasteiger partial charge in [-0.15, -0.1) is 0 Å².